The first kappa shape index (κ1) is 14.3. The Morgan fingerprint density at radius 2 is 2.29 bits per heavy atom. The Kier molecular flexibility index (Phi) is 4.05. The molecule has 3 rings (SSSR count). The maximum Gasteiger partial charge on any atom is 0.274 e. The highest BCUT2D eigenvalue weighted by Gasteiger charge is 2.31. The Morgan fingerprint density at radius 3 is 2.95 bits per heavy atom. The number of rotatable bonds is 3. The van der Waals surface area contributed by atoms with E-state index in [0.717, 1.165) is 30.8 Å². The van der Waals surface area contributed by atoms with E-state index < -0.39 is 0 Å². The predicted octanol–water partition coefficient (Wildman–Crippen LogP) is 3.29. The SMILES string of the molecule is CC(C)n1ccc(C(=O)N2CCCCC2c2nccs2)n1. The molecule has 3 heterocycles. The fraction of sp³-hybridized carbons (Fsp3) is 0.533. The van der Waals surface area contributed by atoms with E-state index >= 15 is 0 Å². The molecule has 0 aromatic carbocycles. The van der Waals surface area contributed by atoms with Gasteiger partial charge in [0.15, 0.2) is 0 Å². The van der Waals surface area contributed by atoms with E-state index in [2.05, 4.69) is 23.9 Å². The number of nitrogens with zero attached hydrogens (tertiary/aromatic N) is 4. The van der Waals surface area contributed by atoms with Crippen molar-refractivity contribution >= 4 is 17.2 Å². The first-order valence-corrected chi connectivity index (χ1v) is 8.30. The van der Waals surface area contributed by atoms with Crippen LogP contribution < -0.4 is 0 Å². The van der Waals surface area contributed by atoms with Crippen molar-refractivity contribution in [3.05, 3.63) is 34.5 Å². The fourth-order valence-electron chi connectivity index (χ4n) is 2.72. The highest BCUT2D eigenvalue weighted by molar-refractivity contribution is 7.09. The Hall–Kier alpha value is -1.69. The second-order valence-corrected chi connectivity index (χ2v) is 6.58. The molecule has 6 heteroatoms. The molecule has 0 bridgehead atoms. The van der Waals surface area contributed by atoms with Gasteiger partial charge < -0.3 is 4.90 Å². The molecule has 0 aliphatic carbocycles. The molecule has 2 aromatic heterocycles. The monoisotopic (exact) mass is 304 g/mol. The molecule has 0 radical (unpaired) electrons. The number of carbonyl (C=O) groups is 1. The van der Waals surface area contributed by atoms with Crippen LogP contribution in [0.4, 0.5) is 0 Å². The zero-order valence-electron chi connectivity index (χ0n) is 12.4. The van der Waals surface area contributed by atoms with Crippen LogP contribution in [0, 0.1) is 0 Å². The molecular formula is C15H20N4OS. The van der Waals surface area contributed by atoms with Crippen LogP contribution >= 0.6 is 11.3 Å². The van der Waals surface area contributed by atoms with E-state index in [-0.39, 0.29) is 18.0 Å². The summed E-state index contributed by atoms with van der Waals surface area (Å²) in [5.74, 6) is 0.0225. The zero-order chi connectivity index (χ0) is 14.8. The lowest BCUT2D eigenvalue weighted by molar-refractivity contribution is 0.0604. The van der Waals surface area contributed by atoms with Crippen LogP contribution in [0.3, 0.4) is 0 Å². The third-order valence-electron chi connectivity index (χ3n) is 3.86. The first-order valence-electron chi connectivity index (χ1n) is 7.42. The molecular weight excluding hydrogens is 284 g/mol. The average molecular weight is 304 g/mol. The van der Waals surface area contributed by atoms with Gasteiger partial charge in [0.05, 0.1) is 6.04 Å². The topological polar surface area (TPSA) is 51.0 Å². The maximum atomic E-state index is 12.8. The maximum absolute atomic E-state index is 12.8. The van der Waals surface area contributed by atoms with Crippen molar-refractivity contribution in [2.75, 3.05) is 6.54 Å². The van der Waals surface area contributed by atoms with Gasteiger partial charge in [-0.15, -0.1) is 11.3 Å². The molecule has 21 heavy (non-hydrogen) atoms. The summed E-state index contributed by atoms with van der Waals surface area (Å²) in [6.07, 6.45) is 6.88. The summed E-state index contributed by atoms with van der Waals surface area (Å²) in [5, 5.41) is 7.42. The van der Waals surface area contributed by atoms with Crippen molar-refractivity contribution < 1.29 is 4.79 Å². The molecule has 0 N–H and O–H groups in total. The number of piperidine rings is 1. The van der Waals surface area contributed by atoms with Gasteiger partial charge in [-0.1, -0.05) is 0 Å². The number of aromatic nitrogens is 3. The quantitative estimate of drug-likeness (QED) is 0.874. The molecule has 5 nitrogen and oxygen atoms in total. The molecule has 1 aliphatic heterocycles. The molecule has 2 aromatic rings. The van der Waals surface area contributed by atoms with Crippen molar-refractivity contribution in [3.8, 4) is 0 Å². The Bertz CT molecular complexity index is 605. The van der Waals surface area contributed by atoms with Crippen molar-refractivity contribution in [3.63, 3.8) is 0 Å². The van der Waals surface area contributed by atoms with Crippen LogP contribution in [0.15, 0.2) is 23.8 Å². The van der Waals surface area contributed by atoms with Gasteiger partial charge in [-0.05, 0) is 39.2 Å². The van der Waals surface area contributed by atoms with Gasteiger partial charge in [0.1, 0.15) is 10.7 Å². The summed E-state index contributed by atoms with van der Waals surface area (Å²) in [5.41, 5.74) is 0.534. The number of carbonyl (C=O) groups excluding carboxylic acids is 1. The van der Waals surface area contributed by atoms with Crippen LogP contribution in [-0.4, -0.2) is 32.1 Å². The minimum absolute atomic E-state index is 0.0225. The lowest BCUT2D eigenvalue weighted by atomic mass is 10.0. The standard InChI is InChI=1S/C15H20N4OS/c1-11(2)19-9-6-12(17-19)15(20)18-8-4-3-5-13(18)14-16-7-10-21-14/h6-7,9-11,13H,3-5,8H2,1-2H3. The molecule has 1 atom stereocenters. The Labute approximate surface area is 128 Å². The summed E-state index contributed by atoms with van der Waals surface area (Å²) < 4.78 is 1.83. The Morgan fingerprint density at radius 1 is 1.43 bits per heavy atom. The van der Waals surface area contributed by atoms with Crippen molar-refractivity contribution in [2.24, 2.45) is 0 Å². The van der Waals surface area contributed by atoms with Gasteiger partial charge in [0, 0.05) is 30.4 Å². The van der Waals surface area contributed by atoms with E-state index in [9.17, 15) is 4.79 Å². The molecule has 1 saturated heterocycles. The van der Waals surface area contributed by atoms with Crippen molar-refractivity contribution in [1.29, 1.82) is 0 Å². The summed E-state index contributed by atoms with van der Waals surface area (Å²) in [7, 11) is 0. The minimum atomic E-state index is 0.0225. The number of likely N-dealkylation sites (tertiary alicyclic amines) is 1. The van der Waals surface area contributed by atoms with Gasteiger partial charge in [-0.25, -0.2) is 4.98 Å². The van der Waals surface area contributed by atoms with E-state index in [1.54, 1.807) is 11.3 Å². The second-order valence-electron chi connectivity index (χ2n) is 5.66. The first-order chi connectivity index (χ1) is 10.2. The van der Waals surface area contributed by atoms with E-state index in [1.165, 1.54) is 0 Å². The largest absolute Gasteiger partial charge is 0.328 e. The van der Waals surface area contributed by atoms with E-state index in [0.29, 0.717) is 5.69 Å². The normalized spacial score (nSPS) is 19.2. The fourth-order valence-corrected chi connectivity index (χ4v) is 3.50. The van der Waals surface area contributed by atoms with Crippen LogP contribution in [-0.2, 0) is 0 Å². The molecule has 1 unspecified atom stereocenters. The zero-order valence-corrected chi connectivity index (χ0v) is 13.2. The van der Waals surface area contributed by atoms with Crippen LogP contribution in [0.2, 0.25) is 0 Å². The number of hydrogen-bond acceptors (Lipinski definition) is 4. The average Bonchev–Trinajstić information content (AvgIpc) is 3.18. The van der Waals surface area contributed by atoms with Crippen LogP contribution in [0.5, 0.6) is 0 Å². The van der Waals surface area contributed by atoms with Gasteiger partial charge >= 0.3 is 0 Å². The predicted molar refractivity (Wildman–Crippen MR) is 82.4 cm³/mol. The third-order valence-corrected chi connectivity index (χ3v) is 4.73. The van der Waals surface area contributed by atoms with Crippen molar-refractivity contribution in [1.82, 2.24) is 19.7 Å². The van der Waals surface area contributed by atoms with Crippen LogP contribution in [0.1, 0.15) is 60.7 Å². The van der Waals surface area contributed by atoms with Crippen LogP contribution in [0.25, 0.3) is 0 Å². The van der Waals surface area contributed by atoms with Gasteiger partial charge in [-0.2, -0.15) is 5.10 Å². The summed E-state index contributed by atoms with van der Waals surface area (Å²) in [6.45, 7) is 4.90. The van der Waals surface area contributed by atoms with E-state index in [4.69, 9.17) is 0 Å². The lowest BCUT2D eigenvalue weighted by Gasteiger charge is -2.34. The Balaban J connectivity index is 1.83. The lowest BCUT2D eigenvalue weighted by Crippen LogP contribution is -2.38. The highest BCUT2D eigenvalue weighted by Crippen LogP contribution is 2.32. The molecule has 1 fully saturated rings. The highest BCUT2D eigenvalue weighted by atomic mass is 32.1. The number of amides is 1. The number of thiazole rings is 1. The minimum Gasteiger partial charge on any atom is -0.328 e. The van der Waals surface area contributed by atoms with Gasteiger partial charge in [0.25, 0.3) is 5.91 Å². The van der Waals surface area contributed by atoms with E-state index in [1.807, 2.05) is 33.4 Å². The molecule has 112 valence electrons. The summed E-state index contributed by atoms with van der Waals surface area (Å²) in [4.78, 5) is 19.1. The summed E-state index contributed by atoms with van der Waals surface area (Å²) in [6, 6.07) is 2.19. The molecule has 0 spiro atoms. The third kappa shape index (κ3) is 2.85. The summed E-state index contributed by atoms with van der Waals surface area (Å²) >= 11 is 1.63. The number of hydrogen-bond donors (Lipinski definition) is 0. The molecule has 1 aliphatic rings. The smallest absolute Gasteiger partial charge is 0.274 e. The molecule has 1 amide bonds. The van der Waals surface area contributed by atoms with Crippen molar-refractivity contribution in [2.45, 2.75) is 45.2 Å². The molecule has 0 saturated carbocycles. The van der Waals surface area contributed by atoms with Gasteiger partial charge in [-0.3, -0.25) is 9.48 Å². The van der Waals surface area contributed by atoms with Gasteiger partial charge in [0.2, 0.25) is 0 Å². The second kappa shape index (κ2) is 5.97.